The van der Waals surface area contributed by atoms with Crippen molar-refractivity contribution >= 4 is 0 Å². The van der Waals surface area contributed by atoms with E-state index in [-0.39, 0.29) is 12.5 Å². The van der Waals surface area contributed by atoms with Gasteiger partial charge in [-0.1, -0.05) is 5.57 Å². The summed E-state index contributed by atoms with van der Waals surface area (Å²) < 4.78 is 25.1. The van der Waals surface area contributed by atoms with Gasteiger partial charge in [-0.05, 0) is 19.9 Å². The fourth-order valence-electron chi connectivity index (χ4n) is 2.07. The minimum Gasteiger partial charge on any atom is -0.473 e. The number of ether oxygens (including phenoxy) is 2. The molecule has 8 heteroatoms. The third kappa shape index (κ3) is 3.70. The molecule has 0 saturated carbocycles. The lowest BCUT2D eigenvalue weighted by molar-refractivity contribution is -0.180. The number of halogens is 1. The molecule has 1 fully saturated rings. The van der Waals surface area contributed by atoms with Gasteiger partial charge in [-0.2, -0.15) is 4.98 Å². The van der Waals surface area contributed by atoms with E-state index >= 15 is 0 Å². The number of hydrogen-bond acceptors (Lipinski definition) is 6. The molecule has 3 atom stereocenters. The van der Waals surface area contributed by atoms with Crippen LogP contribution in [0.2, 0.25) is 0 Å². The van der Waals surface area contributed by atoms with Crippen LogP contribution in [0.15, 0.2) is 28.7 Å². The first-order valence-corrected chi connectivity index (χ1v) is 6.85. The molecular weight excluding hydrogens is 295 g/mol. The molecule has 7 nitrogen and oxygen atoms in total. The Balaban J connectivity index is 2.13. The van der Waals surface area contributed by atoms with Crippen LogP contribution in [0.25, 0.3) is 0 Å². The van der Waals surface area contributed by atoms with Gasteiger partial charge in [-0.3, -0.25) is 4.57 Å². The molecule has 122 valence electrons. The number of rotatable bonds is 5. The highest BCUT2D eigenvalue weighted by Crippen LogP contribution is 2.36. The first-order chi connectivity index (χ1) is 10.3. The van der Waals surface area contributed by atoms with Crippen LogP contribution < -0.4 is 10.4 Å². The standard InChI is InChI=1S/C14H19FN2O5/c1-9(2)4-6-21-11-3-5-17(13(20)16-11)12-10(19)7-14(15,8-18)22-12/h3-5,10,12,18-19H,6-8H2,1-2H3/t10-,12-,14+/m1/s1. The van der Waals surface area contributed by atoms with Gasteiger partial charge in [0, 0.05) is 18.7 Å². The minimum atomic E-state index is -2.36. The lowest BCUT2D eigenvalue weighted by atomic mass is 10.2. The molecule has 2 heterocycles. The summed E-state index contributed by atoms with van der Waals surface area (Å²) >= 11 is 0. The Morgan fingerprint density at radius 2 is 2.41 bits per heavy atom. The van der Waals surface area contributed by atoms with Gasteiger partial charge in [0.05, 0.1) is 0 Å². The topological polar surface area (TPSA) is 93.8 Å². The minimum absolute atomic E-state index is 0.125. The van der Waals surface area contributed by atoms with Crippen LogP contribution in [-0.2, 0) is 4.74 Å². The van der Waals surface area contributed by atoms with Crippen molar-refractivity contribution in [2.45, 2.75) is 38.5 Å². The van der Waals surface area contributed by atoms with Crippen molar-refractivity contribution < 1.29 is 24.1 Å². The van der Waals surface area contributed by atoms with Crippen LogP contribution in [0.3, 0.4) is 0 Å². The van der Waals surface area contributed by atoms with Crippen molar-refractivity contribution in [3.05, 3.63) is 34.4 Å². The number of aliphatic hydroxyl groups excluding tert-OH is 2. The van der Waals surface area contributed by atoms with Crippen LogP contribution in [0.4, 0.5) is 4.39 Å². The average molecular weight is 314 g/mol. The largest absolute Gasteiger partial charge is 0.473 e. The third-order valence-corrected chi connectivity index (χ3v) is 3.21. The molecule has 0 bridgehead atoms. The van der Waals surface area contributed by atoms with Crippen LogP contribution in [0.1, 0.15) is 26.5 Å². The Labute approximate surface area is 126 Å². The van der Waals surface area contributed by atoms with E-state index in [1.807, 2.05) is 19.9 Å². The average Bonchev–Trinajstić information content (AvgIpc) is 2.75. The molecule has 22 heavy (non-hydrogen) atoms. The van der Waals surface area contributed by atoms with E-state index in [1.165, 1.54) is 12.3 Å². The van der Waals surface area contributed by atoms with Crippen molar-refractivity contribution in [3.63, 3.8) is 0 Å². The number of aromatic nitrogens is 2. The fraction of sp³-hybridized carbons (Fsp3) is 0.571. The van der Waals surface area contributed by atoms with Crippen LogP contribution in [0, 0.1) is 0 Å². The van der Waals surface area contributed by atoms with E-state index in [0.717, 1.165) is 10.1 Å². The summed E-state index contributed by atoms with van der Waals surface area (Å²) in [6.07, 6.45) is 0.234. The Kier molecular flexibility index (Phi) is 4.94. The highest BCUT2D eigenvalue weighted by atomic mass is 19.2. The number of hydrogen-bond donors (Lipinski definition) is 2. The second kappa shape index (κ2) is 6.55. The van der Waals surface area contributed by atoms with Gasteiger partial charge in [0.1, 0.15) is 19.3 Å². The molecule has 0 amide bonds. The van der Waals surface area contributed by atoms with Crippen molar-refractivity contribution in [1.29, 1.82) is 0 Å². The summed E-state index contributed by atoms with van der Waals surface area (Å²) in [4.78, 5) is 15.7. The summed E-state index contributed by atoms with van der Waals surface area (Å²) in [7, 11) is 0. The molecule has 0 aliphatic carbocycles. The Morgan fingerprint density at radius 3 is 2.95 bits per heavy atom. The molecule has 2 N–H and O–H groups in total. The first-order valence-electron chi connectivity index (χ1n) is 6.85. The third-order valence-electron chi connectivity index (χ3n) is 3.21. The summed E-state index contributed by atoms with van der Waals surface area (Å²) in [5.74, 6) is -2.23. The quantitative estimate of drug-likeness (QED) is 0.770. The number of nitrogens with zero attached hydrogens (tertiary/aromatic N) is 2. The van der Waals surface area contributed by atoms with Gasteiger partial charge in [-0.25, -0.2) is 9.18 Å². The van der Waals surface area contributed by atoms with Gasteiger partial charge >= 0.3 is 5.69 Å². The Bertz CT molecular complexity index is 613. The molecule has 0 unspecified atom stereocenters. The highest BCUT2D eigenvalue weighted by molar-refractivity contribution is 5.08. The summed E-state index contributed by atoms with van der Waals surface area (Å²) in [5.41, 5.74) is 0.333. The molecule has 0 aromatic carbocycles. The van der Waals surface area contributed by atoms with Crippen LogP contribution >= 0.6 is 0 Å². The molecule has 0 radical (unpaired) electrons. The monoisotopic (exact) mass is 314 g/mol. The molecule has 1 aromatic heterocycles. The molecule has 1 saturated heterocycles. The molecule has 1 aliphatic rings. The van der Waals surface area contributed by atoms with Crippen molar-refractivity contribution in [2.24, 2.45) is 0 Å². The Hall–Kier alpha value is -1.77. The van der Waals surface area contributed by atoms with Gasteiger partial charge in [0.15, 0.2) is 6.23 Å². The highest BCUT2D eigenvalue weighted by Gasteiger charge is 2.47. The zero-order valence-corrected chi connectivity index (χ0v) is 12.4. The van der Waals surface area contributed by atoms with Crippen molar-refractivity contribution in [1.82, 2.24) is 9.55 Å². The normalized spacial score (nSPS) is 27.7. The lowest BCUT2D eigenvalue weighted by Gasteiger charge is -2.19. The Morgan fingerprint density at radius 1 is 1.68 bits per heavy atom. The fourth-order valence-corrected chi connectivity index (χ4v) is 2.07. The van der Waals surface area contributed by atoms with E-state index in [4.69, 9.17) is 14.6 Å². The second-order valence-corrected chi connectivity index (χ2v) is 5.37. The molecule has 0 spiro atoms. The maximum absolute atomic E-state index is 13.9. The van der Waals surface area contributed by atoms with E-state index in [2.05, 4.69) is 4.98 Å². The van der Waals surface area contributed by atoms with Crippen LogP contribution in [0.5, 0.6) is 5.88 Å². The van der Waals surface area contributed by atoms with Gasteiger partial charge in [0.25, 0.3) is 0 Å². The zero-order chi connectivity index (χ0) is 16.3. The smallest absolute Gasteiger partial charge is 0.353 e. The van der Waals surface area contributed by atoms with E-state index in [9.17, 15) is 14.3 Å². The number of alkyl halides is 1. The van der Waals surface area contributed by atoms with Crippen molar-refractivity contribution in [3.8, 4) is 5.88 Å². The predicted molar refractivity (Wildman–Crippen MR) is 75.1 cm³/mol. The van der Waals surface area contributed by atoms with E-state index in [1.54, 1.807) is 0 Å². The number of aliphatic hydroxyl groups is 2. The molecule has 2 rings (SSSR count). The predicted octanol–water partition coefficient (Wildman–Crippen LogP) is 0.526. The van der Waals surface area contributed by atoms with Gasteiger partial charge in [-0.15, -0.1) is 0 Å². The first kappa shape index (κ1) is 16.6. The molecular formula is C14H19FN2O5. The zero-order valence-electron chi connectivity index (χ0n) is 12.4. The summed E-state index contributed by atoms with van der Waals surface area (Å²) in [6.45, 7) is 3.21. The molecule has 1 aliphatic heterocycles. The maximum Gasteiger partial charge on any atom is 0.353 e. The number of allylic oxidation sites excluding steroid dienone is 1. The molecule has 1 aromatic rings. The van der Waals surface area contributed by atoms with Crippen molar-refractivity contribution in [2.75, 3.05) is 13.2 Å². The van der Waals surface area contributed by atoms with E-state index < -0.39 is 36.9 Å². The van der Waals surface area contributed by atoms with Crippen LogP contribution in [-0.4, -0.2) is 44.9 Å². The van der Waals surface area contributed by atoms with Gasteiger partial charge < -0.3 is 19.7 Å². The lowest BCUT2D eigenvalue weighted by Crippen LogP contribution is -2.32. The SMILES string of the molecule is CC(C)=CCOc1ccn([C@@H]2O[C@](F)(CO)C[C@H]2O)c(=O)n1. The summed E-state index contributed by atoms with van der Waals surface area (Å²) in [6, 6.07) is 1.42. The summed E-state index contributed by atoms with van der Waals surface area (Å²) in [5, 5.41) is 18.7. The maximum atomic E-state index is 13.9. The second-order valence-electron chi connectivity index (χ2n) is 5.37. The van der Waals surface area contributed by atoms with Gasteiger partial charge in [0.2, 0.25) is 11.7 Å². The van der Waals surface area contributed by atoms with E-state index in [0.29, 0.717) is 0 Å².